The van der Waals surface area contributed by atoms with Crippen LogP contribution in [0, 0.1) is 10.8 Å². The summed E-state index contributed by atoms with van der Waals surface area (Å²) in [6, 6.07) is 19.5. The molecular weight excluding hydrogens is 476 g/mol. The molecule has 2 N–H and O–H groups in total. The van der Waals surface area contributed by atoms with Crippen molar-refractivity contribution in [2.45, 2.75) is 46.1 Å². The van der Waals surface area contributed by atoms with Gasteiger partial charge in [-0.05, 0) is 30.1 Å². The van der Waals surface area contributed by atoms with Crippen LogP contribution in [0.15, 0.2) is 70.6 Å². The molecule has 8 heteroatoms. The topological polar surface area (TPSA) is 89.4 Å². The van der Waals surface area contributed by atoms with E-state index in [1.165, 1.54) is 0 Å². The van der Waals surface area contributed by atoms with Crippen molar-refractivity contribution in [2.75, 3.05) is 32.7 Å². The summed E-state index contributed by atoms with van der Waals surface area (Å²) >= 11 is 0. The SMILES string of the molecule is CC1(C)CC(NC(=O)N2CCN=C2c2ccccc2)CC(C)(CNC(=O)N2CCN=C2c2ccccc2)C1. The van der Waals surface area contributed by atoms with Gasteiger partial charge in [0.05, 0.1) is 13.1 Å². The largest absolute Gasteiger partial charge is 0.337 e. The molecule has 2 heterocycles. The fraction of sp³-hybridized carbons (Fsp3) is 0.467. The summed E-state index contributed by atoms with van der Waals surface area (Å²) in [5.74, 6) is 1.46. The molecule has 0 radical (unpaired) electrons. The number of nitrogens with zero attached hydrogens (tertiary/aromatic N) is 4. The first-order valence-corrected chi connectivity index (χ1v) is 13.6. The minimum Gasteiger partial charge on any atom is -0.337 e. The molecule has 8 nitrogen and oxygen atoms in total. The highest BCUT2D eigenvalue weighted by molar-refractivity contribution is 6.09. The highest BCUT2D eigenvalue weighted by atomic mass is 16.2. The predicted molar refractivity (Wildman–Crippen MR) is 151 cm³/mol. The summed E-state index contributed by atoms with van der Waals surface area (Å²) in [5.41, 5.74) is 1.78. The van der Waals surface area contributed by atoms with Gasteiger partial charge in [0, 0.05) is 36.8 Å². The fourth-order valence-corrected chi connectivity index (χ4v) is 6.47. The predicted octanol–water partition coefficient (Wildman–Crippen LogP) is 4.52. The summed E-state index contributed by atoms with van der Waals surface area (Å²) in [7, 11) is 0. The van der Waals surface area contributed by atoms with Crippen LogP contribution in [-0.2, 0) is 0 Å². The van der Waals surface area contributed by atoms with Crippen molar-refractivity contribution in [2.24, 2.45) is 20.8 Å². The van der Waals surface area contributed by atoms with Gasteiger partial charge in [-0.25, -0.2) is 9.59 Å². The number of urea groups is 2. The molecular formula is C30H38N6O2. The smallest absolute Gasteiger partial charge is 0.323 e. The number of nitrogens with one attached hydrogen (secondary N) is 2. The number of hydrogen-bond donors (Lipinski definition) is 2. The summed E-state index contributed by atoms with van der Waals surface area (Å²) < 4.78 is 0. The Morgan fingerprint density at radius 3 is 1.89 bits per heavy atom. The Morgan fingerprint density at radius 1 is 0.816 bits per heavy atom. The van der Waals surface area contributed by atoms with Crippen molar-refractivity contribution in [3.05, 3.63) is 71.8 Å². The highest BCUT2D eigenvalue weighted by Crippen LogP contribution is 2.45. The summed E-state index contributed by atoms with van der Waals surface area (Å²) in [4.78, 5) is 39.3. The maximum absolute atomic E-state index is 13.4. The average Bonchev–Trinajstić information content (AvgIpc) is 3.58. The molecule has 200 valence electrons. The molecule has 2 aliphatic heterocycles. The molecule has 2 atom stereocenters. The van der Waals surface area contributed by atoms with Crippen LogP contribution in [0.4, 0.5) is 9.59 Å². The van der Waals surface area contributed by atoms with Gasteiger partial charge in [0.25, 0.3) is 0 Å². The molecule has 3 aliphatic rings. The quantitative estimate of drug-likeness (QED) is 0.615. The van der Waals surface area contributed by atoms with E-state index in [4.69, 9.17) is 0 Å². The van der Waals surface area contributed by atoms with E-state index in [9.17, 15) is 9.59 Å². The minimum absolute atomic E-state index is 0.0130. The Kier molecular flexibility index (Phi) is 7.23. The van der Waals surface area contributed by atoms with Crippen LogP contribution in [0.2, 0.25) is 0 Å². The van der Waals surface area contributed by atoms with Crippen molar-refractivity contribution in [3.63, 3.8) is 0 Å². The number of carbonyl (C=O) groups excluding carboxylic acids is 2. The zero-order valence-electron chi connectivity index (χ0n) is 22.6. The number of rotatable bonds is 5. The molecule has 0 bridgehead atoms. The van der Waals surface area contributed by atoms with Crippen molar-refractivity contribution in [3.8, 4) is 0 Å². The van der Waals surface area contributed by atoms with Crippen molar-refractivity contribution < 1.29 is 9.59 Å². The second kappa shape index (κ2) is 10.6. The van der Waals surface area contributed by atoms with E-state index >= 15 is 0 Å². The van der Waals surface area contributed by atoms with Crippen LogP contribution < -0.4 is 10.6 Å². The third-order valence-electron chi connectivity index (χ3n) is 7.67. The standard InChI is InChI=1S/C30H38N6O2/c1-29(2)18-24(34-28(38)36-17-15-32-26(36)23-12-8-5-9-13-23)19-30(3,20-29)21-33-27(37)35-16-14-31-25(35)22-10-6-4-7-11-22/h4-13,24H,14-21H2,1-3H3,(H,33,37)(H,34,38). The van der Waals surface area contributed by atoms with E-state index in [1.807, 2.05) is 60.7 Å². The Bertz CT molecular complexity index is 1230. The lowest BCUT2D eigenvalue weighted by molar-refractivity contribution is 0.0731. The van der Waals surface area contributed by atoms with Gasteiger partial charge >= 0.3 is 12.1 Å². The maximum Gasteiger partial charge on any atom is 0.323 e. The zero-order chi connectivity index (χ0) is 26.8. The second-order valence-electron chi connectivity index (χ2n) is 11.8. The lowest BCUT2D eigenvalue weighted by Gasteiger charge is -2.47. The summed E-state index contributed by atoms with van der Waals surface area (Å²) in [5, 5.41) is 6.50. The Hall–Kier alpha value is -3.68. The monoisotopic (exact) mass is 514 g/mol. The van der Waals surface area contributed by atoms with Gasteiger partial charge in [0.15, 0.2) is 0 Å². The molecule has 4 amide bonds. The van der Waals surface area contributed by atoms with Crippen molar-refractivity contribution in [1.82, 2.24) is 20.4 Å². The Labute approximate surface area is 225 Å². The highest BCUT2D eigenvalue weighted by Gasteiger charge is 2.43. The van der Waals surface area contributed by atoms with Gasteiger partial charge < -0.3 is 10.6 Å². The van der Waals surface area contributed by atoms with E-state index in [0.717, 1.165) is 42.1 Å². The molecule has 38 heavy (non-hydrogen) atoms. The van der Waals surface area contributed by atoms with Gasteiger partial charge in [-0.1, -0.05) is 81.4 Å². The molecule has 0 saturated heterocycles. The minimum atomic E-state index is -0.152. The normalized spacial score (nSPS) is 24.6. The number of benzene rings is 2. The molecule has 2 aromatic rings. The Morgan fingerprint density at radius 2 is 1.34 bits per heavy atom. The summed E-state index contributed by atoms with van der Waals surface area (Å²) in [6.45, 7) is 9.65. The number of hydrogen-bond acceptors (Lipinski definition) is 4. The first kappa shape index (κ1) is 25.9. The third-order valence-corrected chi connectivity index (χ3v) is 7.67. The van der Waals surface area contributed by atoms with Crippen LogP contribution in [0.3, 0.4) is 0 Å². The van der Waals surface area contributed by atoms with Crippen LogP contribution in [0.5, 0.6) is 0 Å². The third kappa shape index (κ3) is 5.74. The van der Waals surface area contributed by atoms with Gasteiger partial charge in [-0.3, -0.25) is 19.8 Å². The number of amides is 4. The molecule has 1 aliphatic carbocycles. The van der Waals surface area contributed by atoms with Gasteiger partial charge in [0.1, 0.15) is 11.7 Å². The van der Waals surface area contributed by atoms with E-state index in [-0.39, 0.29) is 28.9 Å². The zero-order valence-corrected chi connectivity index (χ0v) is 22.6. The number of amidine groups is 2. The van der Waals surface area contributed by atoms with Crippen LogP contribution >= 0.6 is 0 Å². The van der Waals surface area contributed by atoms with Crippen LogP contribution in [-0.4, -0.2) is 72.3 Å². The molecule has 2 aromatic carbocycles. The summed E-state index contributed by atoms with van der Waals surface area (Å²) in [6.07, 6.45) is 2.66. The van der Waals surface area contributed by atoms with Gasteiger partial charge in [-0.2, -0.15) is 0 Å². The fourth-order valence-electron chi connectivity index (χ4n) is 6.47. The molecule has 5 rings (SSSR count). The molecule has 1 fully saturated rings. The number of carbonyl (C=O) groups is 2. The Balaban J connectivity index is 1.22. The van der Waals surface area contributed by atoms with Crippen molar-refractivity contribution >= 4 is 23.7 Å². The lowest BCUT2D eigenvalue weighted by Crippen LogP contribution is -2.54. The lowest BCUT2D eigenvalue weighted by atomic mass is 9.62. The van der Waals surface area contributed by atoms with Gasteiger partial charge in [0.2, 0.25) is 0 Å². The average molecular weight is 515 g/mol. The number of aliphatic imine (C=N–C) groups is 2. The van der Waals surface area contributed by atoms with E-state index in [2.05, 4.69) is 41.4 Å². The van der Waals surface area contributed by atoms with Gasteiger partial charge in [-0.15, -0.1) is 0 Å². The van der Waals surface area contributed by atoms with E-state index < -0.39 is 0 Å². The second-order valence-corrected chi connectivity index (χ2v) is 11.8. The first-order valence-electron chi connectivity index (χ1n) is 13.6. The van der Waals surface area contributed by atoms with Crippen LogP contribution in [0.1, 0.15) is 51.2 Å². The first-order chi connectivity index (χ1) is 18.2. The van der Waals surface area contributed by atoms with Crippen LogP contribution in [0.25, 0.3) is 0 Å². The molecule has 0 spiro atoms. The van der Waals surface area contributed by atoms with Crippen molar-refractivity contribution in [1.29, 1.82) is 0 Å². The van der Waals surface area contributed by atoms with E-state index in [0.29, 0.717) is 32.7 Å². The molecule has 1 saturated carbocycles. The maximum atomic E-state index is 13.4. The van der Waals surface area contributed by atoms with E-state index in [1.54, 1.807) is 9.80 Å². The molecule has 0 aromatic heterocycles. The molecule has 2 unspecified atom stereocenters.